The summed E-state index contributed by atoms with van der Waals surface area (Å²) in [5, 5.41) is 11.8. The Morgan fingerprint density at radius 1 is 1.22 bits per heavy atom. The number of hydrogen-bond donors (Lipinski definition) is 1. The number of anilines is 1. The molecule has 0 fully saturated rings. The SMILES string of the molecule is N#C/C(=C\c1cc(Cl)c2c(c1)OCCCO2)C(=O)Nc1ccc(F)cc1F. The van der Waals surface area contributed by atoms with Gasteiger partial charge in [0, 0.05) is 12.5 Å². The number of fused-ring (bicyclic) bond motifs is 1. The third kappa shape index (κ3) is 4.36. The number of rotatable bonds is 3. The van der Waals surface area contributed by atoms with Crippen LogP contribution in [0.1, 0.15) is 12.0 Å². The summed E-state index contributed by atoms with van der Waals surface area (Å²) in [5.74, 6) is -1.75. The van der Waals surface area contributed by atoms with Crippen molar-refractivity contribution in [2.75, 3.05) is 18.5 Å². The van der Waals surface area contributed by atoms with Crippen molar-refractivity contribution < 1.29 is 23.0 Å². The molecule has 8 heteroatoms. The molecular formula is C19H13ClF2N2O3. The van der Waals surface area contributed by atoms with Crippen LogP contribution in [0, 0.1) is 23.0 Å². The van der Waals surface area contributed by atoms with Gasteiger partial charge >= 0.3 is 0 Å². The molecule has 0 atom stereocenters. The molecule has 3 rings (SSSR count). The number of carbonyl (C=O) groups excluding carboxylic acids is 1. The van der Waals surface area contributed by atoms with E-state index in [2.05, 4.69) is 5.32 Å². The van der Waals surface area contributed by atoms with Crippen LogP contribution in [-0.4, -0.2) is 19.1 Å². The van der Waals surface area contributed by atoms with Crippen molar-refractivity contribution in [3.8, 4) is 17.6 Å². The molecule has 2 aromatic carbocycles. The van der Waals surface area contributed by atoms with Crippen LogP contribution in [0.2, 0.25) is 5.02 Å². The smallest absolute Gasteiger partial charge is 0.266 e. The first kappa shape index (κ1) is 18.7. The molecule has 0 spiro atoms. The lowest BCUT2D eigenvalue weighted by molar-refractivity contribution is -0.112. The molecule has 1 heterocycles. The molecule has 0 bridgehead atoms. The lowest BCUT2D eigenvalue weighted by atomic mass is 10.1. The first-order valence-electron chi connectivity index (χ1n) is 7.95. The van der Waals surface area contributed by atoms with Gasteiger partial charge in [-0.2, -0.15) is 5.26 Å². The van der Waals surface area contributed by atoms with Gasteiger partial charge in [-0.1, -0.05) is 11.6 Å². The van der Waals surface area contributed by atoms with Crippen LogP contribution < -0.4 is 14.8 Å². The summed E-state index contributed by atoms with van der Waals surface area (Å²) in [6.07, 6.45) is 1.99. The molecule has 5 nitrogen and oxygen atoms in total. The fraction of sp³-hybridized carbons (Fsp3) is 0.158. The van der Waals surface area contributed by atoms with E-state index in [1.165, 1.54) is 12.1 Å². The highest BCUT2D eigenvalue weighted by Gasteiger charge is 2.17. The molecule has 0 saturated carbocycles. The maximum absolute atomic E-state index is 13.7. The number of amides is 1. The van der Waals surface area contributed by atoms with Gasteiger partial charge in [0.2, 0.25) is 0 Å². The van der Waals surface area contributed by atoms with Crippen LogP contribution in [0.3, 0.4) is 0 Å². The van der Waals surface area contributed by atoms with Gasteiger partial charge in [-0.3, -0.25) is 4.79 Å². The molecule has 0 aliphatic carbocycles. The van der Waals surface area contributed by atoms with Crippen LogP contribution in [-0.2, 0) is 4.79 Å². The van der Waals surface area contributed by atoms with E-state index in [1.807, 2.05) is 0 Å². The van der Waals surface area contributed by atoms with Crippen molar-refractivity contribution in [2.45, 2.75) is 6.42 Å². The van der Waals surface area contributed by atoms with Gasteiger partial charge in [0.25, 0.3) is 5.91 Å². The number of nitrogens with one attached hydrogen (secondary N) is 1. The van der Waals surface area contributed by atoms with Gasteiger partial charge < -0.3 is 14.8 Å². The zero-order chi connectivity index (χ0) is 19.4. The average Bonchev–Trinajstić information content (AvgIpc) is 2.87. The van der Waals surface area contributed by atoms with Crippen molar-refractivity contribution in [3.05, 3.63) is 58.1 Å². The monoisotopic (exact) mass is 390 g/mol. The lowest BCUT2D eigenvalue weighted by Crippen LogP contribution is -2.14. The second-order valence-corrected chi connectivity index (χ2v) is 6.04. The molecule has 1 amide bonds. The fourth-order valence-electron chi connectivity index (χ4n) is 2.43. The molecule has 2 aromatic rings. The van der Waals surface area contributed by atoms with E-state index >= 15 is 0 Å². The molecule has 1 N–H and O–H groups in total. The van der Waals surface area contributed by atoms with Gasteiger partial charge in [0.1, 0.15) is 23.3 Å². The van der Waals surface area contributed by atoms with E-state index in [9.17, 15) is 18.8 Å². The zero-order valence-corrected chi connectivity index (χ0v) is 14.6. The third-order valence-corrected chi connectivity index (χ3v) is 3.96. The number of nitriles is 1. The molecule has 138 valence electrons. The van der Waals surface area contributed by atoms with Crippen LogP contribution in [0.15, 0.2) is 35.9 Å². The minimum absolute atomic E-state index is 0.237. The van der Waals surface area contributed by atoms with E-state index in [0.717, 1.165) is 12.1 Å². The van der Waals surface area contributed by atoms with E-state index in [1.54, 1.807) is 12.1 Å². The van der Waals surface area contributed by atoms with E-state index in [-0.39, 0.29) is 16.3 Å². The van der Waals surface area contributed by atoms with Crippen LogP contribution in [0.25, 0.3) is 6.08 Å². The Balaban J connectivity index is 1.87. The number of hydrogen-bond acceptors (Lipinski definition) is 4. The molecule has 0 saturated heterocycles. The minimum Gasteiger partial charge on any atom is -0.489 e. The molecule has 1 aliphatic rings. The summed E-state index contributed by atoms with van der Waals surface area (Å²) in [7, 11) is 0. The summed E-state index contributed by atoms with van der Waals surface area (Å²) < 4.78 is 37.7. The number of nitrogens with zero attached hydrogens (tertiary/aromatic N) is 1. The predicted molar refractivity (Wildman–Crippen MR) is 95.6 cm³/mol. The quantitative estimate of drug-likeness (QED) is 0.625. The Morgan fingerprint density at radius 3 is 2.74 bits per heavy atom. The standard InChI is InChI=1S/C19H13ClF2N2O3/c20-14-7-11(8-17-18(14)27-5-1-4-26-17)6-12(10-23)19(25)24-16-3-2-13(21)9-15(16)22/h2-3,6-9H,1,4-5H2,(H,24,25)/b12-6+. The largest absolute Gasteiger partial charge is 0.489 e. The van der Waals surface area contributed by atoms with Gasteiger partial charge in [0.05, 0.1) is 23.9 Å². The highest BCUT2D eigenvalue weighted by atomic mass is 35.5. The van der Waals surface area contributed by atoms with Crippen molar-refractivity contribution >= 4 is 29.3 Å². The molecule has 1 aliphatic heterocycles. The number of carbonyl (C=O) groups is 1. The zero-order valence-electron chi connectivity index (χ0n) is 13.9. The Bertz CT molecular complexity index is 970. The maximum atomic E-state index is 13.7. The Hall–Kier alpha value is -3.11. The number of ether oxygens (including phenoxy) is 2. The predicted octanol–water partition coefficient (Wildman–Crippen LogP) is 4.33. The van der Waals surface area contributed by atoms with E-state index in [4.69, 9.17) is 21.1 Å². The van der Waals surface area contributed by atoms with Crippen molar-refractivity contribution in [3.63, 3.8) is 0 Å². The van der Waals surface area contributed by atoms with Gasteiger partial charge in [-0.05, 0) is 35.9 Å². The lowest BCUT2D eigenvalue weighted by Gasteiger charge is -2.10. The summed E-state index contributed by atoms with van der Waals surface area (Å²) in [4.78, 5) is 12.3. The summed E-state index contributed by atoms with van der Waals surface area (Å²) in [6.45, 7) is 0.920. The van der Waals surface area contributed by atoms with Crippen molar-refractivity contribution in [1.82, 2.24) is 0 Å². The topological polar surface area (TPSA) is 71.3 Å². The summed E-state index contributed by atoms with van der Waals surface area (Å²) in [5.41, 5.74) is -0.0842. The molecule has 0 aromatic heterocycles. The first-order chi connectivity index (χ1) is 13.0. The summed E-state index contributed by atoms with van der Waals surface area (Å²) >= 11 is 6.19. The highest BCUT2D eigenvalue weighted by molar-refractivity contribution is 6.32. The van der Waals surface area contributed by atoms with Crippen molar-refractivity contribution in [2.24, 2.45) is 0 Å². The van der Waals surface area contributed by atoms with Gasteiger partial charge in [-0.25, -0.2) is 8.78 Å². The fourth-order valence-corrected chi connectivity index (χ4v) is 2.70. The molecular weight excluding hydrogens is 378 g/mol. The van der Waals surface area contributed by atoms with E-state index in [0.29, 0.717) is 42.8 Å². The average molecular weight is 391 g/mol. The Labute approximate surface area is 158 Å². The maximum Gasteiger partial charge on any atom is 0.266 e. The van der Waals surface area contributed by atoms with Crippen molar-refractivity contribution in [1.29, 1.82) is 5.26 Å². The van der Waals surface area contributed by atoms with Crippen LogP contribution in [0.5, 0.6) is 11.5 Å². The van der Waals surface area contributed by atoms with E-state index < -0.39 is 17.5 Å². The third-order valence-electron chi connectivity index (χ3n) is 3.68. The molecule has 0 unspecified atom stereocenters. The second kappa shape index (κ2) is 8.06. The minimum atomic E-state index is -0.945. The van der Waals surface area contributed by atoms with Crippen LogP contribution >= 0.6 is 11.6 Å². The molecule has 0 radical (unpaired) electrons. The normalized spacial score (nSPS) is 13.5. The Kier molecular flexibility index (Phi) is 5.57. The molecule has 27 heavy (non-hydrogen) atoms. The number of benzene rings is 2. The second-order valence-electron chi connectivity index (χ2n) is 5.63. The van der Waals surface area contributed by atoms with Crippen LogP contribution in [0.4, 0.5) is 14.5 Å². The highest BCUT2D eigenvalue weighted by Crippen LogP contribution is 2.38. The first-order valence-corrected chi connectivity index (χ1v) is 8.33. The number of halogens is 3. The van der Waals surface area contributed by atoms with Gasteiger partial charge in [-0.15, -0.1) is 0 Å². The Morgan fingerprint density at radius 2 is 2.00 bits per heavy atom. The van der Waals surface area contributed by atoms with Gasteiger partial charge in [0.15, 0.2) is 11.5 Å². The summed E-state index contributed by atoms with van der Waals surface area (Å²) in [6, 6.07) is 7.57.